The summed E-state index contributed by atoms with van der Waals surface area (Å²) in [4.78, 5) is 0. The third kappa shape index (κ3) is 5.91. The molecule has 4 N–H and O–H groups in total. The predicted octanol–water partition coefficient (Wildman–Crippen LogP) is 1.05. The number of thiocarbonyl (C=S) groups is 2. The summed E-state index contributed by atoms with van der Waals surface area (Å²) in [5.41, 5.74) is 8.98. The molecule has 2 rings (SSSR count). The molecular formula is C15H21N5O3S2. The van der Waals surface area contributed by atoms with Crippen molar-refractivity contribution in [2.75, 3.05) is 21.3 Å². The molecular weight excluding hydrogens is 362 g/mol. The number of hydrogen-bond acceptors (Lipinski definition) is 6. The Morgan fingerprint density at radius 3 is 2.16 bits per heavy atom. The quantitative estimate of drug-likeness (QED) is 0.327. The van der Waals surface area contributed by atoms with Crippen molar-refractivity contribution in [3.63, 3.8) is 0 Å². The van der Waals surface area contributed by atoms with Crippen LogP contribution < -0.4 is 35.8 Å². The van der Waals surface area contributed by atoms with Crippen LogP contribution in [0.25, 0.3) is 0 Å². The van der Waals surface area contributed by atoms with Crippen molar-refractivity contribution in [3.05, 3.63) is 17.7 Å². The van der Waals surface area contributed by atoms with Gasteiger partial charge in [-0.05, 0) is 49.4 Å². The molecule has 8 nitrogen and oxygen atoms in total. The van der Waals surface area contributed by atoms with Gasteiger partial charge >= 0.3 is 0 Å². The van der Waals surface area contributed by atoms with Gasteiger partial charge in [0.2, 0.25) is 10.9 Å². The van der Waals surface area contributed by atoms with E-state index in [1.54, 1.807) is 39.7 Å². The van der Waals surface area contributed by atoms with E-state index in [-0.39, 0.29) is 5.11 Å². The first kappa shape index (κ1) is 19.0. The van der Waals surface area contributed by atoms with Gasteiger partial charge < -0.3 is 19.5 Å². The number of hydrazine groups is 1. The first-order chi connectivity index (χ1) is 12.1. The Balaban J connectivity index is 1.87. The Kier molecular flexibility index (Phi) is 7.02. The third-order valence-electron chi connectivity index (χ3n) is 3.27. The fourth-order valence-electron chi connectivity index (χ4n) is 1.93. The van der Waals surface area contributed by atoms with E-state index in [4.69, 9.17) is 38.6 Å². The van der Waals surface area contributed by atoms with Crippen LogP contribution in [0.2, 0.25) is 0 Å². The molecule has 1 fully saturated rings. The molecule has 0 atom stereocenters. The molecule has 0 amide bonds. The largest absolute Gasteiger partial charge is 0.493 e. The molecule has 0 bridgehead atoms. The van der Waals surface area contributed by atoms with Crippen LogP contribution in [0.4, 0.5) is 0 Å². The summed E-state index contributed by atoms with van der Waals surface area (Å²) in [6.07, 6.45) is 3.87. The molecule has 0 unspecified atom stereocenters. The van der Waals surface area contributed by atoms with E-state index in [1.165, 1.54) is 0 Å². The second-order valence-electron chi connectivity index (χ2n) is 5.16. The Labute approximate surface area is 157 Å². The van der Waals surface area contributed by atoms with Crippen molar-refractivity contribution in [3.8, 4) is 17.2 Å². The van der Waals surface area contributed by atoms with Crippen molar-refractivity contribution < 1.29 is 14.2 Å². The van der Waals surface area contributed by atoms with Crippen molar-refractivity contribution in [2.24, 2.45) is 5.10 Å². The summed E-state index contributed by atoms with van der Waals surface area (Å²) in [6.45, 7) is 0. The Bertz CT molecular complexity index is 640. The average molecular weight is 383 g/mol. The number of nitrogens with zero attached hydrogens (tertiary/aromatic N) is 1. The summed E-state index contributed by atoms with van der Waals surface area (Å²) >= 11 is 10.2. The zero-order chi connectivity index (χ0) is 18.2. The van der Waals surface area contributed by atoms with Crippen LogP contribution in [0.1, 0.15) is 18.4 Å². The molecule has 0 heterocycles. The van der Waals surface area contributed by atoms with Gasteiger partial charge in [-0.2, -0.15) is 5.10 Å². The zero-order valence-corrected chi connectivity index (χ0v) is 15.8. The van der Waals surface area contributed by atoms with Crippen molar-refractivity contribution >= 4 is 40.9 Å². The highest BCUT2D eigenvalue weighted by Gasteiger charge is 2.21. The minimum Gasteiger partial charge on any atom is -0.493 e. The summed E-state index contributed by atoms with van der Waals surface area (Å²) in [5, 5.41) is 7.97. The van der Waals surface area contributed by atoms with Gasteiger partial charge in [-0.1, -0.05) is 0 Å². The third-order valence-corrected chi connectivity index (χ3v) is 3.68. The molecule has 136 valence electrons. The first-order valence-electron chi connectivity index (χ1n) is 7.53. The van der Waals surface area contributed by atoms with E-state index < -0.39 is 0 Å². The van der Waals surface area contributed by atoms with E-state index >= 15 is 0 Å². The SMILES string of the molecule is COc1cc(/C=N/NC(=S)NNC(=S)NC2CC2)cc(OC)c1OC. The average Bonchev–Trinajstić information content (AvgIpc) is 3.42. The second kappa shape index (κ2) is 9.23. The highest BCUT2D eigenvalue weighted by Crippen LogP contribution is 2.37. The Hall–Kier alpha value is -2.33. The molecule has 1 aliphatic carbocycles. The number of rotatable bonds is 6. The van der Waals surface area contributed by atoms with Gasteiger partial charge in [0.1, 0.15) is 0 Å². The molecule has 0 saturated heterocycles. The van der Waals surface area contributed by atoms with E-state index in [0.717, 1.165) is 18.4 Å². The van der Waals surface area contributed by atoms with Crippen LogP contribution in [-0.4, -0.2) is 43.8 Å². The predicted molar refractivity (Wildman–Crippen MR) is 104 cm³/mol. The molecule has 10 heteroatoms. The molecule has 25 heavy (non-hydrogen) atoms. The van der Waals surface area contributed by atoms with Crippen LogP contribution in [0.3, 0.4) is 0 Å². The minimum atomic E-state index is 0.281. The number of hydrazone groups is 1. The molecule has 1 aliphatic rings. The van der Waals surface area contributed by atoms with Gasteiger partial charge in [0.05, 0.1) is 27.5 Å². The van der Waals surface area contributed by atoms with Gasteiger partial charge in [-0.3, -0.25) is 16.3 Å². The highest BCUT2D eigenvalue weighted by molar-refractivity contribution is 7.80. The molecule has 0 spiro atoms. The monoisotopic (exact) mass is 383 g/mol. The van der Waals surface area contributed by atoms with Crippen molar-refractivity contribution in [2.45, 2.75) is 18.9 Å². The number of methoxy groups -OCH3 is 3. The van der Waals surface area contributed by atoms with E-state index in [9.17, 15) is 0 Å². The molecule has 1 aromatic carbocycles. The minimum absolute atomic E-state index is 0.281. The number of benzene rings is 1. The standard InChI is InChI=1S/C15H21N5O3S2/c1-21-11-6-9(7-12(22-2)13(11)23-3)8-16-18-15(25)20-19-14(24)17-10-4-5-10/h6-8,10H,4-5H2,1-3H3,(H2,17,19,24)(H2,18,20,25)/b16-8+. The highest BCUT2D eigenvalue weighted by atomic mass is 32.1. The first-order valence-corrected chi connectivity index (χ1v) is 8.34. The summed E-state index contributed by atoms with van der Waals surface area (Å²) in [5.74, 6) is 1.61. The normalized spacial score (nSPS) is 13.1. The lowest BCUT2D eigenvalue weighted by molar-refractivity contribution is 0.324. The van der Waals surface area contributed by atoms with Crippen molar-refractivity contribution in [1.29, 1.82) is 0 Å². The fourth-order valence-corrected chi connectivity index (χ4v) is 2.25. The van der Waals surface area contributed by atoms with Gasteiger partial charge in [0.15, 0.2) is 16.6 Å². The van der Waals surface area contributed by atoms with Crippen LogP contribution in [0.5, 0.6) is 17.2 Å². The smallest absolute Gasteiger partial charge is 0.205 e. The van der Waals surface area contributed by atoms with Crippen LogP contribution in [0.15, 0.2) is 17.2 Å². The summed E-state index contributed by atoms with van der Waals surface area (Å²) in [6, 6.07) is 4.02. The molecule has 0 aliphatic heterocycles. The topological polar surface area (TPSA) is 88.2 Å². The maximum atomic E-state index is 5.29. The maximum absolute atomic E-state index is 5.29. The van der Waals surface area contributed by atoms with Crippen molar-refractivity contribution in [1.82, 2.24) is 21.6 Å². The number of hydrogen-bond donors (Lipinski definition) is 4. The fraction of sp³-hybridized carbons (Fsp3) is 0.400. The molecule has 1 saturated carbocycles. The van der Waals surface area contributed by atoms with E-state index in [1.807, 2.05) is 0 Å². The van der Waals surface area contributed by atoms with Gasteiger partial charge in [0.25, 0.3) is 0 Å². The molecule has 1 aromatic rings. The van der Waals surface area contributed by atoms with Crippen LogP contribution in [-0.2, 0) is 0 Å². The van der Waals surface area contributed by atoms with Gasteiger partial charge in [-0.25, -0.2) is 0 Å². The summed E-state index contributed by atoms with van der Waals surface area (Å²) in [7, 11) is 4.66. The molecule has 0 radical (unpaired) electrons. The van der Waals surface area contributed by atoms with Gasteiger partial charge in [0, 0.05) is 11.6 Å². The van der Waals surface area contributed by atoms with E-state index in [2.05, 4.69) is 26.7 Å². The van der Waals surface area contributed by atoms with Crippen LogP contribution in [0, 0.1) is 0 Å². The lowest BCUT2D eigenvalue weighted by Gasteiger charge is -2.13. The van der Waals surface area contributed by atoms with E-state index in [0.29, 0.717) is 28.4 Å². The second-order valence-corrected chi connectivity index (χ2v) is 5.97. The summed E-state index contributed by atoms with van der Waals surface area (Å²) < 4.78 is 15.9. The zero-order valence-electron chi connectivity index (χ0n) is 14.2. The Morgan fingerprint density at radius 2 is 1.64 bits per heavy atom. The number of ether oxygens (including phenoxy) is 3. The lowest BCUT2D eigenvalue weighted by atomic mass is 10.2. The van der Waals surface area contributed by atoms with Crippen LogP contribution >= 0.6 is 24.4 Å². The lowest BCUT2D eigenvalue weighted by Crippen LogP contribution is -2.49. The number of nitrogens with one attached hydrogen (secondary N) is 4. The molecule has 0 aromatic heterocycles. The maximum Gasteiger partial charge on any atom is 0.205 e. The van der Waals surface area contributed by atoms with Gasteiger partial charge in [-0.15, -0.1) is 0 Å². The Morgan fingerprint density at radius 1 is 1.04 bits per heavy atom.